The zero-order chi connectivity index (χ0) is 19.1. The lowest BCUT2D eigenvalue weighted by atomic mass is 10.2. The van der Waals surface area contributed by atoms with Crippen LogP contribution in [0.4, 0.5) is 5.69 Å². The maximum Gasteiger partial charge on any atom is 0.272 e. The molecule has 0 atom stereocenters. The van der Waals surface area contributed by atoms with Crippen LogP contribution >= 0.6 is 15.9 Å². The van der Waals surface area contributed by atoms with Gasteiger partial charge in [0.05, 0.1) is 5.56 Å². The topological polar surface area (TPSA) is 71.1 Å². The van der Waals surface area contributed by atoms with Crippen LogP contribution in [0.25, 0.3) is 6.08 Å². The number of anilines is 1. The first kappa shape index (κ1) is 18.5. The number of carbonyl (C=O) groups excluding carboxylic acids is 2. The van der Waals surface area contributed by atoms with Gasteiger partial charge in [-0.25, -0.2) is 0 Å². The number of hydrogen-bond acceptors (Lipinski definition) is 3. The van der Waals surface area contributed by atoms with Crippen LogP contribution in [-0.4, -0.2) is 16.8 Å². The number of hydrogen-bond donors (Lipinski definition) is 2. The van der Waals surface area contributed by atoms with E-state index >= 15 is 0 Å². The molecule has 3 aromatic rings. The van der Waals surface area contributed by atoms with Crippen LogP contribution < -0.4 is 10.6 Å². The number of amides is 2. The van der Waals surface area contributed by atoms with Crippen LogP contribution in [0.5, 0.6) is 0 Å². The molecule has 1 aromatic heterocycles. The first-order valence-electron chi connectivity index (χ1n) is 8.17. The van der Waals surface area contributed by atoms with E-state index in [1.54, 1.807) is 60.9 Å². The average molecular weight is 422 g/mol. The summed E-state index contributed by atoms with van der Waals surface area (Å²) >= 11 is 3.35. The van der Waals surface area contributed by atoms with Gasteiger partial charge in [-0.05, 0) is 57.9 Å². The Hall–Kier alpha value is -3.25. The standard InChI is InChI=1S/C21H16BrN3O2/c22-18-11-5-4-10-17(18)20(26)25-19(13-15-7-6-12-23-14-15)21(27)24-16-8-2-1-3-9-16/h1-14H,(H,24,27)(H,25,26)/b19-13-. The molecule has 5 nitrogen and oxygen atoms in total. The average Bonchev–Trinajstić information content (AvgIpc) is 2.69. The summed E-state index contributed by atoms with van der Waals surface area (Å²) < 4.78 is 0.645. The molecule has 0 spiro atoms. The molecule has 0 saturated heterocycles. The van der Waals surface area contributed by atoms with Crippen LogP contribution in [0.1, 0.15) is 15.9 Å². The fourth-order valence-corrected chi connectivity index (χ4v) is 2.81. The van der Waals surface area contributed by atoms with Crippen LogP contribution in [0, 0.1) is 0 Å². The minimum Gasteiger partial charge on any atom is -0.321 e. The van der Waals surface area contributed by atoms with E-state index < -0.39 is 5.91 Å². The Morgan fingerprint density at radius 1 is 0.926 bits per heavy atom. The molecule has 6 heteroatoms. The lowest BCUT2D eigenvalue weighted by Gasteiger charge is -2.12. The fourth-order valence-electron chi connectivity index (χ4n) is 2.34. The molecule has 0 aliphatic heterocycles. The highest BCUT2D eigenvalue weighted by molar-refractivity contribution is 9.10. The van der Waals surface area contributed by atoms with Gasteiger partial charge in [0.25, 0.3) is 11.8 Å². The Morgan fingerprint density at radius 2 is 1.67 bits per heavy atom. The highest BCUT2D eigenvalue weighted by Crippen LogP contribution is 2.17. The van der Waals surface area contributed by atoms with Crippen LogP contribution in [0.15, 0.2) is 89.3 Å². The van der Waals surface area contributed by atoms with Crippen molar-refractivity contribution in [2.75, 3.05) is 5.32 Å². The Bertz CT molecular complexity index is 973. The first-order valence-corrected chi connectivity index (χ1v) is 8.97. The van der Waals surface area contributed by atoms with Crippen molar-refractivity contribution in [2.45, 2.75) is 0 Å². The molecule has 3 rings (SSSR count). The van der Waals surface area contributed by atoms with E-state index in [4.69, 9.17) is 0 Å². The lowest BCUT2D eigenvalue weighted by Crippen LogP contribution is -2.31. The highest BCUT2D eigenvalue weighted by Gasteiger charge is 2.16. The van der Waals surface area contributed by atoms with E-state index in [1.165, 1.54) is 0 Å². The summed E-state index contributed by atoms with van der Waals surface area (Å²) in [5, 5.41) is 5.47. The zero-order valence-electron chi connectivity index (χ0n) is 14.2. The Kier molecular flexibility index (Phi) is 6.12. The van der Waals surface area contributed by atoms with Crippen molar-refractivity contribution in [2.24, 2.45) is 0 Å². The van der Waals surface area contributed by atoms with Crippen molar-refractivity contribution in [3.05, 3.63) is 100 Å². The smallest absolute Gasteiger partial charge is 0.272 e. The van der Waals surface area contributed by atoms with Gasteiger partial charge in [-0.15, -0.1) is 0 Å². The number of benzene rings is 2. The van der Waals surface area contributed by atoms with E-state index in [0.29, 0.717) is 21.3 Å². The fraction of sp³-hybridized carbons (Fsp3) is 0. The van der Waals surface area contributed by atoms with Gasteiger partial charge in [-0.1, -0.05) is 36.4 Å². The second-order valence-corrected chi connectivity index (χ2v) is 6.45. The Balaban J connectivity index is 1.88. The van der Waals surface area contributed by atoms with Crippen LogP contribution in [-0.2, 0) is 4.79 Å². The number of nitrogens with zero attached hydrogens (tertiary/aromatic N) is 1. The van der Waals surface area contributed by atoms with Crippen molar-refractivity contribution < 1.29 is 9.59 Å². The number of para-hydroxylation sites is 1. The highest BCUT2D eigenvalue weighted by atomic mass is 79.9. The molecule has 27 heavy (non-hydrogen) atoms. The lowest BCUT2D eigenvalue weighted by molar-refractivity contribution is -0.113. The minimum atomic E-state index is -0.426. The molecule has 0 unspecified atom stereocenters. The summed E-state index contributed by atoms with van der Waals surface area (Å²) in [5.74, 6) is -0.814. The van der Waals surface area contributed by atoms with E-state index in [-0.39, 0.29) is 11.6 Å². The SMILES string of the molecule is O=C(Nc1ccccc1)/C(=C/c1cccnc1)NC(=O)c1ccccc1Br. The van der Waals surface area contributed by atoms with Crippen molar-refractivity contribution in [1.82, 2.24) is 10.3 Å². The second kappa shape index (κ2) is 8.91. The van der Waals surface area contributed by atoms with Crippen molar-refractivity contribution in [3.8, 4) is 0 Å². The predicted octanol–water partition coefficient (Wildman–Crippen LogP) is 4.25. The summed E-state index contributed by atoms with van der Waals surface area (Å²) in [5.41, 5.74) is 1.88. The van der Waals surface area contributed by atoms with Gasteiger partial charge in [0.15, 0.2) is 0 Å². The number of carbonyl (C=O) groups is 2. The molecule has 0 fully saturated rings. The predicted molar refractivity (Wildman–Crippen MR) is 109 cm³/mol. The van der Waals surface area contributed by atoms with Crippen LogP contribution in [0.2, 0.25) is 0 Å². The normalized spacial score (nSPS) is 10.9. The second-order valence-electron chi connectivity index (χ2n) is 5.60. The van der Waals surface area contributed by atoms with E-state index in [9.17, 15) is 9.59 Å². The Morgan fingerprint density at radius 3 is 2.37 bits per heavy atom. The third kappa shape index (κ3) is 5.12. The minimum absolute atomic E-state index is 0.118. The summed E-state index contributed by atoms with van der Waals surface area (Å²) in [6, 6.07) is 19.6. The third-order valence-corrected chi connectivity index (χ3v) is 4.33. The van der Waals surface area contributed by atoms with Gasteiger partial charge >= 0.3 is 0 Å². The summed E-state index contributed by atoms with van der Waals surface area (Å²) in [6.07, 6.45) is 4.83. The molecule has 0 aliphatic carbocycles. The number of halogens is 1. The van der Waals surface area contributed by atoms with Crippen molar-refractivity contribution in [1.29, 1.82) is 0 Å². The number of pyridine rings is 1. The monoisotopic (exact) mass is 421 g/mol. The van der Waals surface area contributed by atoms with Gasteiger partial charge in [-0.2, -0.15) is 0 Å². The number of aromatic nitrogens is 1. The largest absolute Gasteiger partial charge is 0.321 e. The van der Waals surface area contributed by atoms with Gasteiger partial charge < -0.3 is 10.6 Å². The molecule has 0 aliphatic rings. The maximum atomic E-state index is 12.7. The first-order chi connectivity index (χ1) is 13.1. The molecule has 2 aromatic carbocycles. The van der Waals surface area contributed by atoms with E-state index in [2.05, 4.69) is 31.5 Å². The van der Waals surface area contributed by atoms with Gasteiger partial charge in [0.1, 0.15) is 5.70 Å². The summed E-state index contributed by atoms with van der Waals surface area (Å²) in [6.45, 7) is 0. The molecule has 0 bridgehead atoms. The number of rotatable bonds is 5. The molecule has 134 valence electrons. The van der Waals surface area contributed by atoms with Crippen molar-refractivity contribution in [3.63, 3.8) is 0 Å². The van der Waals surface area contributed by atoms with E-state index in [0.717, 1.165) is 0 Å². The molecule has 2 amide bonds. The van der Waals surface area contributed by atoms with Gasteiger partial charge in [-0.3, -0.25) is 14.6 Å². The molecule has 1 heterocycles. The van der Waals surface area contributed by atoms with Gasteiger partial charge in [0.2, 0.25) is 0 Å². The quantitative estimate of drug-likeness (QED) is 0.604. The third-order valence-electron chi connectivity index (χ3n) is 3.64. The number of nitrogens with one attached hydrogen (secondary N) is 2. The molecular formula is C21H16BrN3O2. The molecule has 0 radical (unpaired) electrons. The molecular weight excluding hydrogens is 406 g/mol. The molecule has 0 saturated carbocycles. The molecule has 2 N–H and O–H groups in total. The van der Waals surface area contributed by atoms with Gasteiger partial charge in [0, 0.05) is 22.6 Å². The van der Waals surface area contributed by atoms with Crippen molar-refractivity contribution >= 4 is 39.5 Å². The summed E-state index contributed by atoms with van der Waals surface area (Å²) in [4.78, 5) is 29.4. The summed E-state index contributed by atoms with van der Waals surface area (Å²) in [7, 11) is 0. The van der Waals surface area contributed by atoms with E-state index in [1.807, 2.05) is 24.3 Å². The Labute approximate surface area is 165 Å². The van der Waals surface area contributed by atoms with Crippen LogP contribution in [0.3, 0.4) is 0 Å². The maximum absolute atomic E-state index is 12.7. The zero-order valence-corrected chi connectivity index (χ0v) is 15.8.